The number of nitrogens with one attached hydrogen (secondary N) is 1. The average Bonchev–Trinajstić information content (AvgIpc) is 2.35. The predicted octanol–water partition coefficient (Wildman–Crippen LogP) is 4.71. The van der Waals surface area contributed by atoms with Gasteiger partial charge in [0, 0.05) is 5.02 Å². The van der Waals surface area contributed by atoms with E-state index in [2.05, 4.69) is 11.4 Å². The van der Waals surface area contributed by atoms with Crippen molar-refractivity contribution >= 4 is 11.6 Å². The van der Waals surface area contributed by atoms with Gasteiger partial charge < -0.3 is 5.32 Å². The van der Waals surface area contributed by atoms with E-state index < -0.39 is 0 Å². The third-order valence-electron chi connectivity index (χ3n) is 3.54. The van der Waals surface area contributed by atoms with E-state index in [1.54, 1.807) is 6.07 Å². The number of halogens is 2. The molecule has 2 rings (SSSR count). The Labute approximate surface area is 124 Å². The number of rotatable bonds is 3. The molecule has 106 valence electrons. The summed E-state index contributed by atoms with van der Waals surface area (Å²) >= 11 is 6.15. The normalized spacial score (nSPS) is 12.5. The lowest BCUT2D eigenvalue weighted by Gasteiger charge is -2.21. The molecule has 1 nitrogen and oxygen atoms in total. The van der Waals surface area contributed by atoms with Gasteiger partial charge >= 0.3 is 0 Å². The summed E-state index contributed by atoms with van der Waals surface area (Å²) in [5, 5.41) is 4.03. The van der Waals surface area contributed by atoms with E-state index in [9.17, 15) is 4.39 Å². The smallest absolute Gasteiger partial charge is 0.123 e. The number of benzene rings is 2. The Hall–Kier alpha value is -1.38. The first-order chi connectivity index (χ1) is 9.42. The van der Waals surface area contributed by atoms with Crippen LogP contribution in [-0.4, -0.2) is 7.05 Å². The van der Waals surface area contributed by atoms with E-state index in [1.807, 2.05) is 40.0 Å². The lowest BCUT2D eigenvalue weighted by atomic mass is 9.93. The minimum absolute atomic E-state index is 0.0413. The van der Waals surface area contributed by atoms with Crippen LogP contribution in [-0.2, 0) is 0 Å². The second kappa shape index (κ2) is 5.94. The topological polar surface area (TPSA) is 12.0 Å². The Morgan fingerprint density at radius 1 is 1.00 bits per heavy atom. The third-order valence-corrected chi connectivity index (χ3v) is 3.95. The number of aryl methyl sites for hydroxylation is 3. The van der Waals surface area contributed by atoms with Crippen LogP contribution in [0, 0.1) is 26.6 Å². The van der Waals surface area contributed by atoms with Crippen LogP contribution in [0.1, 0.15) is 33.9 Å². The van der Waals surface area contributed by atoms with Crippen molar-refractivity contribution in [3.8, 4) is 0 Å². The molecule has 0 aliphatic rings. The van der Waals surface area contributed by atoms with Crippen LogP contribution in [0.2, 0.25) is 5.02 Å². The van der Waals surface area contributed by atoms with E-state index in [1.165, 1.54) is 6.07 Å². The van der Waals surface area contributed by atoms with Gasteiger partial charge in [-0.05, 0) is 73.8 Å². The molecular formula is C17H19ClFN. The van der Waals surface area contributed by atoms with Crippen LogP contribution < -0.4 is 5.32 Å². The molecule has 0 spiro atoms. The number of hydrogen-bond donors (Lipinski definition) is 1. The molecule has 2 aromatic rings. The van der Waals surface area contributed by atoms with Gasteiger partial charge in [-0.1, -0.05) is 23.7 Å². The second-order valence-electron chi connectivity index (χ2n) is 5.24. The second-order valence-corrected chi connectivity index (χ2v) is 5.65. The highest BCUT2D eigenvalue weighted by atomic mass is 35.5. The fraction of sp³-hybridized carbons (Fsp3) is 0.294. The van der Waals surface area contributed by atoms with Crippen LogP contribution in [0.3, 0.4) is 0 Å². The molecule has 0 saturated heterocycles. The molecule has 0 amide bonds. The molecule has 20 heavy (non-hydrogen) atoms. The fourth-order valence-electron chi connectivity index (χ4n) is 2.55. The van der Waals surface area contributed by atoms with Crippen LogP contribution in [0.4, 0.5) is 4.39 Å². The third kappa shape index (κ3) is 3.02. The summed E-state index contributed by atoms with van der Waals surface area (Å²) in [6.07, 6.45) is 0. The molecule has 0 aromatic heterocycles. The van der Waals surface area contributed by atoms with Crippen molar-refractivity contribution in [3.05, 3.63) is 69.0 Å². The van der Waals surface area contributed by atoms with Gasteiger partial charge in [0.2, 0.25) is 0 Å². The first kappa shape index (κ1) is 15.0. The van der Waals surface area contributed by atoms with Crippen molar-refractivity contribution in [1.82, 2.24) is 5.32 Å². The highest BCUT2D eigenvalue weighted by Gasteiger charge is 2.16. The molecule has 0 fully saturated rings. The molecule has 0 aliphatic carbocycles. The first-order valence-electron chi connectivity index (χ1n) is 6.63. The van der Waals surface area contributed by atoms with Gasteiger partial charge in [0.25, 0.3) is 0 Å². The lowest BCUT2D eigenvalue weighted by Crippen LogP contribution is -2.19. The van der Waals surface area contributed by atoms with Crippen LogP contribution in [0.5, 0.6) is 0 Å². The van der Waals surface area contributed by atoms with Crippen LogP contribution in [0.25, 0.3) is 0 Å². The summed E-state index contributed by atoms with van der Waals surface area (Å²) in [4.78, 5) is 0. The molecule has 2 aromatic carbocycles. The Balaban J connectivity index is 2.55. The summed E-state index contributed by atoms with van der Waals surface area (Å²) in [6.45, 7) is 5.91. The Bertz CT molecular complexity index is 617. The molecule has 1 N–H and O–H groups in total. The summed E-state index contributed by atoms with van der Waals surface area (Å²) in [5.41, 5.74) is 5.10. The summed E-state index contributed by atoms with van der Waals surface area (Å²) in [7, 11) is 1.88. The SMILES string of the molecule is CNC(c1cc(C)cc(F)c1)c1cc(C)c(Cl)cc1C. The molecule has 1 atom stereocenters. The van der Waals surface area contributed by atoms with E-state index >= 15 is 0 Å². The maximum atomic E-state index is 13.6. The Morgan fingerprint density at radius 2 is 1.70 bits per heavy atom. The zero-order chi connectivity index (χ0) is 14.9. The molecule has 0 heterocycles. The van der Waals surface area contributed by atoms with Gasteiger partial charge in [0.05, 0.1) is 6.04 Å². The van der Waals surface area contributed by atoms with E-state index in [-0.39, 0.29) is 11.9 Å². The minimum atomic E-state index is -0.205. The fourth-order valence-corrected chi connectivity index (χ4v) is 2.77. The molecular weight excluding hydrogens is 273 g/mol. The molecule has 0 radical (unpaired) electrons. The Morgan fingerprint density at radius 3 is 2.30 bits per heavy atom. The van der Waals surface area contributed by atoms with Crippen LogP contribution >= 0.6 is 11.6 Å². The van der Waals surface area contributed by atoms with Gasteiger partial charge in [-0.2, -0.15) is 0 Å². The number of hydrogen-bond acceptors (Lipinski definition) is 1. The highest BCUT2D eigenvalue weighted by Crippen LogP contribution is 2.29. The molecule has 1 unspecified atom stereocenters. The van der Waals surface area contributed by atoms with Gasteiger partial charge in [0.1, 0.15) is 5.82 Å². The van der Waals surface area contributed by atoms with E-state index in [0.29, 0.717) is 0 Å². The monoisotopic (exact) mass is 291 g/mol. The van der Waals surface area contributed by atoms with Gasteiger partial charge in [0.15, 0.2) is 0 Å². The molecule has 0 bridgehead atoms. The summed E-state index contributed by atoms with van der Waals surface area (Å²) in [5.74, 6) is -0.205. The Kier molecular flexibility index (Phi) is 4.46. The quantitative estimate of drug-likeness (QED) is 0.863. The van der Waals surface area contributed by atoms with Crippen molar-refractivity contribution in [1.29, 1.82) is 0 Å². The molecule has 0 saturated carbocycles. The predicted molar refractivity (Wildman–Crippen MR) is 83.0 cm³/mol. The molecule has 0 aliphatic heterocycles. The van der Waals surface area contributed by atoms with Crippen molar-refractivity contribution < 1.29 is 4.39 Å². The summed E-state index contributed by atoms with van der Waals surface area (Å²) < 4.78 is 13.6. The first-order valence-corrected chi connectivity index (χ1v) is 7.01. The summed E-state index contributed by atoms with van der Waals surface area (Å²) in [6, 6.07) is 9.11. The average molecular weight is 292 g/mol. The maximum Gasteiger partial charge on any atom is 0.123 e. The maximum absolute atomic E-state index is 13.6. The molecule has 3 heteroatoms. The van der Waals surface area contributed by atoms with Crippen molar-refractivity contribution in [2.24, 2.45) is 0 Å². The highest BCUT2D eigenvalue weighted by molar-refractivity contribution is 6.31. The van der Waals surface area contributed by atoms with Crippen molar-refractivity contribution in [3.63, 3.8) is 0 Å². The zero-order valence-electron chi connectivity index (χ0n) is 12.2. The van der Waals surface area contributed by atoms with Crippen molar-refractivity contribution in [2.45, 2.75) is 26.8 Å². The van der Waals surface area contributed by atoms with Crippen molar-refractivity contribution in [2.75, 3.05) is 7.05 Å². The van der Waals surface area contributed by atoms with E-state index in [0.717, 1.165) is 32.8 Å². The lowest BCUT2D eigenvalue weighted by molar-refractivity contribution is 0.614. The van der Waals surface area contributed by atoms with Gasteiger partial charge in [-0.15, -0.1) is 0 Å². The zero-order valence-corrected chi connectivity index (χ0v) is 13.0. The minimum Gasteiger partial charge on any atom is -0.309 e. The van der Waals surface area contributed by atoms with E-state index in [4.69, 9.17) is 11.6 Å². The largest absolute Gasteiger partial charge is 0.309 e. The standard InChI is InChI=1S/C17H19ClFN/c1-10-5-13(9-14(19)6-10)17(20-4)15-7-12(3)16(18)8-11(15)2/h5-9,17,20H,1-4H3. The van der Waals surface area contributed by atoms with Crippen LogP contribution in [0.15, 0.2) is 30.3 Å². The van der Waals surface area contributed by atoms with Gasteiger partial charge in [-0.3, -0.25) is 0 Å². The van der Waals surface area contributed by atoms with Gasteiger partial charge in [-0.25, -0.2) is 4.39 Å².